The Bertz CT molecular complexity index is 566. The fourth-order valence-electron chi connectivity index (χ4n) is 1.50. The number of nitrogens with zero attached hydrogens (tertiary/aromatic N) is 1. The lowest BCUT2D eigenvalue weighted by Gasteiger charge is -1.99. The van der Waals surface area contributed by atoms with Gasteiger partial charge in [0.15, 0.2) is 0 Å². The first-order valence-corrected chi connectivity index (χ1v) is 4.75. The van der Waals surface area contributed by atoms with Gasteiger partial charge in [-0.1, -0.05) is 30.3 Å². The minimum atomic E-state index is -0.467. The predicted octanol–water partition coefficient (Wildman–Crippen LogP) is 1.32. The first-order valence-electron chi connectivity index (χ1n) is 4.75. The highest BCUT2D eigenvalue weighted by atomic mass is 16.5. The van der Waals surface area contributed by atoms with E-state index in [0.29, 0.717) is 17.0 Å². The summed E-state index contributed by atoms with van der Waals surface area (Å²) >= 11 is 0. The molecule has 1 aromatic heterocycles. The van der Waals surface area contributed by atoms with Gasteiger partial charge >= 0.3 is 5.63 Å². The molecule has 1 aromatic carbocycles. The van der Waals surface area contributed by atoms with Gasteiger partial charge < -0.3 is 10.4 Å². The molecule has 0 fully saturated rings. The Morgan fingerprint density at radius 3 is 2.69 bits per heavy atom. The molecule has 0 aliphatic carbocycles. The number of benzene rings is 1. The highest BCUT2D eigenvalue weighted by Gasteiger charge is 2.16. The van der Waals surface area contributed by atoms with Crippen molar-refractivity contribution in [2.75, 3.05) is 0 Å². The molecule has 5 heteroatoms. The second-order valence-electron chi connectivity index (χ2n) is 3.32. The molecule has 0 amide bonds. The summed E-state index contributed by atoms with van der Waals surface area (Å²) in [6.45, 7) is 1.66. The van der Waals surface area contributed by atoms with Crippen LogP contribution in [0.25, 0.3) is 11.3 Å². The van der Waals surface area contributed by atoms with Gasteiger partial charge in [-0.2, -0.15) is 5.10 Å². The molecule has 0 aliphatic heterocycles. The second-order valence-corrected chi connectivity index (χ2v) is 3.32. The molecule has 0 aliphatic rings. The van der Waals surface area contributed by atoms with Gasteiger partial charge in [-0.05, 0) is 6.92 Å². The topological polar surface area (TPSA) is 84.4 Å². The lowest BCUT2D eigenvalue weighted by Crippen LogP contribution is -2.10. The van der Waals surface area contributed by atoms with Crippen molar-refractivity contribution in [1.29, 1.82) is 0 Å². The largest absolute Gasteiger partial charge is 0.366 e. The summed E-state index contributed by atoms with van der Waals surface area (Å²) < 4.78 is 4.76. The molecule has 1 heterocycles. The molecular formula is C11H11N3O2. The minimum absolute atomic E-state index is 0.369. The van der Waals surface area contributed by atoms with E-state index in [9.17, 15) is 4.79 Å². The number of H-pyrrole nitrogens is 1. The van der Waals surface area contributed by atoms with Crippen LogP contribution >= 0.6 is 0 Å². The van der Waals surface area contributed by atoms with Crippen molar-refractivity contribution in [3.63, 3.8) is 0 Å². The van der Waals surface area contributed by atoms with Crippen LogP contribution < -0.4 is 11.5 Å². The van der Waals surface area contributed by atoms with Gasteiger partial charge in [-0.3, -0.25) is 0 Å². The number of nitrogens with two attached hydrogens (primary N) is 1. The number of aromatic nitrogens is 1. The molecule has 0 spiro atoms. The Balaban J connectivity index is 2.64. The van der Waals surface area contributed by atoms with Gasteiger partial charge in [0.25, 0.3) is 0 Å². The van der Waals surface area contributed by atoms with E-state index in [2.05, 4.69) is 10.3 Å². The van der Waals surface area contributed by atoms with Crippen molar-refractivity contribution in [3.05, 3.63) is 46.3 Å². The van der Waals surface area contributed by atoms with Gasteiger partial charge in [-0.25, -0.2) is 9.95 Å². The van der Waals surface area contributed by atoms with Crippen molar-refractivity contribution >= 4 is 5.71 Å². The van der Waals surface area contributed by atoms with Crippen LogP contribution in [0.5, 0.6) is 0 Å². The fraction of sp³-hybridized carbons (Fsp3) is 0.0909. The van der Waals surface area contributed by atoms with Crippen LogP contribution in [0.1, 0.15) is 12.5 Å². The molecule has 0 saturated carbocycles. The molecule has 0 atom stereocenters. The molecule has 82 valence electrons. The van der Waals surface area contributed by atoms with Gasteiger partial charge in [0.2, 0.25) is 0 Å². The summed E-state index contributed by atoms with van der Waals surface area (Å²) in [5.41, 5.74) is 1.79. The Kier molecular flexibility index (Phi) is 2.59. The van der Waals surface area contributed by atoms with Crippen molar-refractivity contribution in [1.82, 2.24) is 5.16 Å². The van der Waals surface area contributed by atoms with Crippen LogP contribution in [0.3, 0.4) is 0 Å². The zero-order chi connectivity index (χ0) is 11.5. The van der Waals surface area contributed by atoms with Crippen LogP contribution in [0.4, 0.5) is 0 Å². The van der Waals surface area contributed by atoms with E-state index in [1.165, 1.54) is 0 Å². The van der Waals surface area contributed by atoms with Crippen LogP contribution in [-0.2, 0) is 0 Å². The lowest BCUT2D eigenvalue weighted by atomic mass is 10.1. The van der Waals surface area contributed by atoms with Crippen LogP contribution in [-0.4, -0.2) is 10.9 Å². The number of aromatic amines is 1. The molecule has 16 heavy (non-hydrogen) atoms. The zero-order valence-electron chi connectivity index (χ0n) is 8.73. The molecule has 0 bridgehead atoms. The second kappa shape index (κ2) is 4.06. The number of rotatable bonds is 2. The summed E-state index contributed by atoms with van der Waals surface area (Å²) in [5, 5.41) is 6.10. The van der Waals surface area contributed by atoms with Crippen LogP contribution in [0.2, 0.25) is 0 Å². The zero-order valence-corrected chi connectivity index (χ0v) is 8.73. The Labute approximate surface area is 91.6 Å². The van der Waals surface area contributed by atoms with E-state index in [0.717, 1.165) is 5.56 Å². The molecule has 2 aromatic rings. The standard InChI is InChI=1S/C11H11N3O2/c1-7(13-12)9-10(14-16-11(9)15)8-5-3-2-4-6-8/h2-6,14H,12H2,1H3/b13-7+. The number of hydrazone groups is 1. The third-order valence-electron chi connectivity index (χ3n) is 2.32. The summed E-state index contributed by atoms with van der Waals surface area (Å²) in [4.78, 5) is 11.5. The van der Waals surface area contributed by atoms with Crippen LogP contribution in [0.15, 0.2) is 44.8 Å². The Morgan fingerprint density at radius 2 is 2.06 bits per heavy atom. The number of hydrogen-bond donors (Lipinski definition) is 2. The maximum absolute atomic E-state index is 11.5. The molecule has 2 rings (SSSR count). The van der Waals surface area contributed by atoms with Gasteiger partial charge in [0.1, 0.15) is 5.56 Å². The third kappa shape index (κ3) is 1.63. The highest BCUT2D eigenvalue weighted by Crippen LogP contribution is 2.19. The molecule has 5 nitrogen and oxygen atoms in total. The average Bonchev–Trinajstić information content (AvgIpc) is 2.71. The van der Waals surface area contributed by atoms with Gasteiger partial charge in [0, 0.05) is 5.56 Å². The summed E-state index contributed by atoms with van der Waals surface area (Å²) in [5.74, 6) is 5.17. The van der Waals surface area contributed by atoms with Gasteiger partial charge in [0.05, 0.1) is 11.4 Å². The lowest BCUT2D eigenvalue weighted by molar-refractivity contribution is 0.393. The predicted molar refractivity (Wildman–Crippen MR) is 61.2 cm³/mol. The molecular weight excluding hydrogens is 206 g/mol. The van der Waals surface area contributed by atoms with E-state index in [1.807, 2.05) is 30.3 Å². The third-order valence-corrected chi connectivity index (χ3v) is 2.32. The fourth-order valence-corrected chi connectivity index (χ4v) is 1.50. The highest BCUT2D eigenvalue weighted by molar-refractivity contribution is 6.02. The summed E-state index contributed by atoms with van der Waals surface area (Å²) in [7, 11) is 0. The average molecular weight is 217 g/mol. The quantitative estimate of drug-likeness (QED) is 0.452. The maximum atomic E-state index is 11.5. The number of nitrogens with one attached hydrogen (secondary N) is 1. The molecule has 0 radical (unpaired) electrons. The van der Waals surface area contributed by atoms with Crippen molar-refractivity contribution in [2.24, 2.45) is 10.9 Å². The normalized spacial score (nSPS) is 11.7. The first kappa shape index (κ1) is 10.2. The van der Waals surface area contributed by atoms with E-state index < -0.39 is 5.63 Å². The van der Waals surface area contributed by atoms with Crippen molar-refractivity contribution in [2.45, 2.75) is 6.92 Å². The smallest absolute Gasteiger partial charge is 0.338 e. The molecule has 0 saturated heterocycles. The van der Waals surface area contributed by atoms with E-state index in [4.69, 9.17) is 10.4 Å². The summed E-state index contributed by atoms with van der Waals surface area (Å²) in [6.07, 6.45) is 0. The van der Waals surface area contributed by atoms with Crippen molar-refractivity contribution < 1.29 is 4.52 Å². The van der Waals surface area contributed by atoms with E-state index in [1.54, 1.807) is 6.92 Å². The minimum Gasteiger partial charge on any atom is -0.338 e. The SMILES string of the molecule is C/C(=N\N)c1c(-c2ccccc2)[nH]oc1=O. The Hall–Kier alpha value is -2.30. The van der Waals surface area contributed by atoms with Crippen LogP contribution in [0, 0.1) is 0 Å². The van der Waals surface area contributed by atoms with Gasteiger partial charge in [-0.15, -0.1) is 0 Å². The monoisotopic (exact) mass is 217 g/mol. The summed E-state index contributed by atoms with van der Waals surface area (Å²) in [6, 6.07) is 9.38. The van der Waals surface area contributed by atoms with E-state index >= 15 is 0 Å². The molecule has 0 unspecified atom stereocenters. The maximum Gasteiger partial charge on any atom is 0.366 e. The van der Waals surface area contributed by atoms with E-state index in [-0.39, 0.29) is 0 Å². The van der Waals surface area contributed by atoms with Crippen molar-refractivity contribution in [3.8, 4) is 11.3 Å². The first-order chi connectivity index (χ1) is 7.74. The number of hydrogen-bond acceptors (Lipinski definition) is 4. The molecule has 3 N–H and O–H groups in total. The Morgan fingerprint density at radius 1 is 1.38 bits per heavy atom.